The van der Waals surface area contributed by atoms with E-state index in [1.54, 1.807) is 45.3 Å². The molecule has 22 heavy (non-hydrogen) atoms. The number of amides is 2. The Kier molecular flexibility index (Phi) is 6.34. The van der Waals surface area contributed by atoms with Gasteiger partial charge in [0, 0.05) is 6.20 Å². The van der Waals surface area contributed by atoms with E-state index in [1.807, 2.05) is 13.8 Å². The minimum atomic E-state index is -0.657. The number of carbonyl (C=O) groups excluding carboxylic acids is 2. The second-order valence-electron chi connectivity index (χ2n) is 6.56. The Morgan fingerprint density at radius 2 is 2.00 bits per heavy atom. The number of anilines is 1. The lowest BCUT2D eigenvalue weighted by molar-refractivity contribution is -0.118. The van der Waals surface area contributed by atoms with Gasteiger partial charge in [0.1, 0.15) is 11.6 Å². The number of pyridine rings is 1. The zero-order chi connectivity index (χ0) is 16.8. The maximum Gasteiger partial charge on any atom is 0.408 e. The Morgan fingerprint density at radius 1 is 1.32 bits per heavy atom. The molecule has 0 fully saturated rings. The van der Waals surface area contributed by atoms with E-state index >= 15 is 0 Å². The largest absolute Gasteiger partial charge is 0.444 e. The van der Waals surface area contributed by atoms with Crippen molar-refractivity contribution in [2.45, 2.75) is 52.7 Å². The van der Waals surface area contributed by atoms with Crippen LogP contribution in [0.5, 0.6) is 0 Å². The molecule has 1 heterocycles. The van der Waals surface area contributed by atoms with Gasteiger partial charge in [0.25, 0.3) is 0 Å². The second kappa shape index (κ2) is 7.77. The summed E-state index contributed by atoms with van der Waals surface area (Å²) in [5, 5.41) is 5.38. The lowest BCUT2D eigenvalue weighted by atomic mass is 10.0. The van der Waals surface area contributed by atoms with E-state index in [1.165, 1.54) is 0 Å². The van der Waals surface area contributed by atoms with Gasteiger partial charge in [0.05, 0.1) is 11.9 Å². The summed E-state index contributed by atoms with van der Waals surface area (Å²) >= 11 is 0. The molecule has 1 rings (SSSR count). The summed E-state index contributed by atoms with van der Waals surface area (Å²) in [6.45, 7) is 9.31. The fraction of sp³-hybridized carbons (Fsp3) is 0.562. The number of rotatable bonds is 5. The molecule has 122 valence electrons. The Balaban J connectivity index is 2.71. The summed E-state index contributed by atoms with van der Waals surface area (Å²) in [6.07, 6.45) is 3.10. The van der Waals surface area contributed by atoms with Gasteiger partial charge in [-0.2, -0.15) is 0 Å². The molecule has 2 amide bonds. The van der Waals surface area contributed by atoms with Gasteiger partial charge in [0.2, 0.25) is 5.91 Å². The van der Waals surface area contributed by atoms with E-state index in [-0.39, 0.29) is 11.8 Å². The van der Waals surface area contributed by atoms with Crippen molar-refractivity contribution in [1.29, 1.82) is 0 Å². The van der Waals surface area contributed by atoms with Gasteiger partial charge in [0.15, 0.2) is 0 Å². The monoisotopic (exact) mass is 307 g/mol. The SMILES string of the molecule is CC(C)CC(NC(=O)OC(C)(C)C)C(=O)Nc1cccnc1. The molecule has 0 saturated heterocycles. The standard InChI is InChI=1S/C16H25N3O3/c1-11(2)9-13(19-15(21)22-16(3,4)5)14(20)18-12-7-6-8-17-10-12/h6-8,10-11,13H,9H2,1-5H3,(H,18,20)(H,19,21). The van der Waals surface area contributed by atoms with E-state index in [0.717, 1.165) is 0 Å². The van der Waals surface area contributed by atoms with Crippen LogP contribution < -0.4 is 10.6 Å². The molecule has 0 spiro atoms. The van der Waals surface area contributed by atoms with Gasteiger partial charge in [-0.3, -0.25) is 9.78 Å². The zero-order valence-corrected chi connectivity index (χ0v) is 13.8. The average Bonchev–Trinajstić information content (AvgIpc) is 2.36. The van der Waals surface area contributed by atoms with E-state index in [9.17, 15) is 9.59 Å². The Hall–Kier alpha value is -2.11. The summed E-state index contributed by atoms with van der Waals surface area (Å²) < 4.78 is 5.21. The fourth-order valence-electron chi connectivity index (χ4n) is 1.82. The lowest BCUT2D eigenvalue weighted by Crippen LogP contribution is -2.46. The first kappa shape index (κ1) is 17.9. The van der Waals surface area contributed by atoms with Crippen LogP contribution in [0.2, 0.25) is 0 Å². The van der Waals surface area contributed by atoms with Crippen LogP contribution in [0.25, 0.3) is 0 Å². The van der Waals surface area contributed by atoms with Crippen molar-refractivity contribution in [2.75, 3.05) is 5.32 Å². The summed E-state index contributed by atoms with van der Waals surface area (Å²) in [4.78, 5) is 28.2. The van der Waals surface area contributed by atoms with Crippen LogP contribution in [0.3, 0.4) is 0 Å². The van der Waals surface area contributed by atoms with Gasteiger partial charge in [-0.15, -0.1) is 0 Å². The van der Waals surface area contributed by atoms with E-state index < -0.39 is 17.7 Å². The van der Waals surface area contributed by atoms with Crippen LogP contribution in [0.1, 0.15) is 41.0 Å². The summed E-state index contributed by atoms with van der Waals surface area (Å²) in [6, 6.07) is 2.81. The minimum absolute atomic E-state index is 0.250. The zero-order valence-electron chi connectivity index (χ0n) is 13.8. The molecule has 0 bridgehead atoms. The third-order valence-corrected chi connectivity index (χ3v) is 2.64. The molecule has 0 aromatic carbocycles. The van der Waals surface area contributed by atoms with Crippen molar-refractivity contribution < 1.29 is 14.3 Å². The molecule has 0 radical (unpaired) electrons. The molecule has 0 aliphatic rings. The maximum atomic E-state index is 12.3. The number of hydrogen-bond donors (Lipinski definition) is 2. The van der Waals surface area contributed by atoms with Crippen molar-refractivity contribution in [3.63, 3.8) is 0 Å². The summed E-state index contributed by atoms with van der Waals surface area (Å²) in [5.41, 5.74) is -0.0148. The molecule has 1 aromatic heterocycles. The van der Waals surface area contributed by atoms with Crippen LogP contribution in [-0.4, -0.2) is 28.6 Å². The first-order valence-corrected chi connectivity index (χ1v) is 7.38. The molecular formula is C16H25N3O3. The van der Waals surface area contributed by atoms with Crippen LogP contribution in [0.15, 0.2) is 24.5 Å². The smallest absolute Gasteiger partial charge is 0.408 e. The number of alkyl carbamates (subject to hydrolysis) is 1. The van der Waals surface area contributed by atoms with Crippen LogP contribution in [-0.2, 0) is 9.53 Å². The van der Waals surface area contributed by atoms with Crippen LogP contribution in [0.4, 0.5) is 10.5 Å². The average molecular weight is 307 g/mol. The Morgan fingerprint density at radius 3 is 2.50 bits per heavy atom. The van der Waals surface area contributed by atoms with Gasteiger partial charge in [-0.1, -0.05) is 13.8 Å². The topological polar surface area (TPSA) is 80.3 Å². The molecule has 0 aliphatic carbocycles. The van der Waals surface area contributed by atoms with Crippen molar-refractivity contribution >= 4 is 17.7 Å². The minimum Gasteiger partial charge on any atom is -0.444 e. The summed E-state index contributed by atoms with van der Waals surface area (Å²) in [7, 11) is 0. The number of carbonyl (C=O) groups is 2. The second-order valence-corrected chi connectivity index (χ2v) is 6.56. The third-order valence-electron chi connectivity index (χ3n) is 2.64. The first-order chi connectivity index (χ1) is 10.2. The molecule has 0 aliphatic heterocycles. The molecule has 0 saturated carbocycles. The summed E-state index contributed by atoms with van der Waals surface area (Å²) in [5.74, 6) is -0.0351. The van der Waals surface area contributed by atoms with Crippen molar-refractivity contribution in [3.05, 3.63) is 24.5 Å². The third kappa shape index (κ3) is 7.06. The molecule has 1 aromatic rings. The van der Waals surface area contributed by atoms with Crippen molar-refractivity contribution in [3.8, 4) is 0 Å². The number of ether oxygens (including phenoxy) is 1. The predicted molar refractivity (Wildman–Crippen MR) is 85.5 cm³/mol. The highest BCUT2D eigenvalue weighted by atomic mass is 16.6. The van der Waals surface area contributed by atoms with Gasteiger partial charge in [-0.25, -0.2) is 4.79 Å². The number of aromatic nitrogens is 1. The molecule has 6 heteroatoms. The van der Waals surface area contributed by atoms with Crippen LogP contribution in [0, 0.1) is 5.92 Å². The Labute approximate surface area is 131 Å². The molecule has 1 unspecified atom stereocenters. The quantitative estimate of drug-likeness (QED) is 0.876. The number of nitrogens with one attached hydrogen (secondary N) is 2. The van der Waals surface area contributed by atoms with E-state index in [4.69, 9.17) is 4.74 Å². The lowest BCUT2D eigenvalue weighted by Gasteiger charge is -2.24. The van der Waals surface area contributed by atoms with Crippen molar-refractivity contribution in [2.24, 2.45) is 5.92 Å². The predicted octanol–water partition coefficient (Wildman–Crippen LogP) is 2.96. The highest BCUT2D eigenvalue weighted by Gasteiger charge is 2.25. The van der Waals surface area contributed by atoms with Crippen LogP contribution >= 0.6 is 0 Å². The number of hydrogen-bond acceptors (Lipinski definition) is 4. The van der Waals surface area contributed by atoms with Gasteiger partial charge in [-0.05, 0) is 45.2 Å². The van der Waals surface area contributed by atoms with Crippen molar-refractivity contribution in [1.82, 2.24) is 10.3 Å². The normalized spacial score (nSPS) is 12.6. The fourth-order valence-corrected chi connectivity index (χ4v) is 1.82. The van der Waals surface area contributed by atoms with Gasteiger partial charge >= 0.3 is 6.09 Å². The Bertz CT molecular complexity index is 495. The highest BCUT2D eigenvalue weighted by Crippen LogP contribution is 2.11. The highest BCUT2D eigenvalue weighted by molar-refractivity contribution is 5.96. The first-order valence-electron chi connectivity index (χ1n) is 7.38. The van der Waals surface area contributed by atoms with Gasteiger partial charge < -0.3 is 15.4 Å². The number of nitrogens with zero attached hydrogens (tertiary/aromatic N) is 1. The maximum absolute atomic E-state index is 12.3. The molecular weight excluding hydrogens is 282 g/mol. The molecule has 1 atom stereocenters. The molecule has 2 N–H and O–H groups in total. The van der Waals surface area contributed by atoms with E-state index in [2.05, 4.69) is 15.6 Å². The van der Waals surface area contributed by atoms with E-state index in [0.29, 0.717) is 12.1 Å². The molecule has 6 nitrogen and oxygen atoms in total.